The number of fused-ring (bicyclic) bond motifs is 1. The van der Waals surface area contributed by atoms with Crippen molar-refractivity contribution in [1.29, 1.82) is 0 Å². The van der Waals surface area contributed by atoms with Gasteiger partial charge in [0.05, 0.1) is 17.8 Å². The molecule has 1 aromatic carbocycles. The Morgan fingerprint density at radius 1 is 1.21 bits per heavy atom. The molecule has 0 aliphatic carbocycles. The first-order chi connectivity index (χ1) is 9.19. The van der Waals surface area contributed by atoms with Gasteiger partial charge in [0.1, 0.15) is 0 Å². The molecule has 2 aromatic rings. The fourth-order valence-corrected chi connectivity index (χ4v) is 2.30. The van der Waals surface area contributed by atoms with E-state index in [9.17, 15) is 0 Å². The first-order valence-electron chi connectivity index (χ1n) is 6.62. The van der Waals surface area contributed by atoms with Crippen LogP contribution in [0, 0.1) is 0 Å². The van der Waals surface area contributed by atoms with Gasteiger partial charge in [-0.05, 0) is 38.1 Å². The number of anilines is 2. The van der Waals surface area contributed by atoms with Crippen LogP contribution in [0.15, 0.2) is 24.3 Å². The van der Waals surface area contributed by atoms with Crippen molar-refractivity contribution in [2.24, 2.45) is 0 Å². The summed E-state index contributed by atoms with van der Waals surface area (Å²) in [6.45, 7) is 6.75. The monoisotopic (exact) mass is 259 g/mol. The minimum atomic E-state index is 0.484. The summed E-state index contributed by atoms with van der Waals surface area (Å²) in [6.07, 6.45) is 0. The number of hydrogen-bond acceptors (Lipinski definition) is 4. The summed E-state index contributed by atoms with van der Waals surface area (Å²) in [7, 11) is 1.66. The molecule has 0 bridgehead atoms. The first kappa shape index (κ1) is 13.6. The Bertz CT molecular complexity index is 565. The van der Waals surface area contributed by atoms with Crippen molar-refractivity contribution < 1.29 is 4.74 Å². The molecule has 0 saturated carbocycles. The third-order valence-electron chi connectivity index (χ3n) is 3.30. The van der Waals surface area contributed by atoms with Crippen LogP contribution >= 0.6 is 0 Å². The van der Waals surface area contributed by atoms with E-state index in [4.69, 9.17) is 10.5 Å². The van der Waals surface area contributed by atoms with Gasteiger partial charge in [0.2, 0.25) is 0 Å². The van der Waals surface area contributed by atoms with E-state index in [2.05, 4.69) is 35.9 Å². The lowest BCUT2D eigenvalue weighted by Gasteiger charge is -2.21. The molecule has 102 valence electrons. The van der Waals surface area contributed by atoms with Crippen LogP contribution in [0.1, 0.15) is 19.5 Å². The third kappa shape index (κ3) is 2.79. The van der Waals surface area contributed by atoms with E-state index >= 15 is 0 Å². The first-order valence-corrected chi connectivity index (χ1v) is 6.62. The van der Waals surface area contributed by atoms with E-state index in [-0.39, 0.29) is 0 Å². The molecule has 0 amide bonds. The van der Waals surface area contributed by atoms with E-state index in [0.29, 0.717) is 6.61 Å². The van der Waals surface area contributed by atoms with Gasteiger partial charge in [0, 0.05) is 37.0 Å². The van der Waals surface area contributed by atoms with Crippen LogP contribution in [0.2, 0.25) is 0 Å². The molecular formula is C15H21N3O. The van der Waals surface area contributed by atoms with Crippen LogP contribution in [-0.2, 0) is 11.3 Å². The van der Waals surface area contributed by atoms with Crippen LogP contribution in [0.4, 0.5) is 11.4 Å². The van der Waals surface area contributed by atoms with Crippen molar-refractivity contribution in [2.45, 2.75) is 20.5 Å². The fraction of sp³-hybridized carbons (Fsp3) is 0.400. The van der Waals surface area contributed by atoms with E-state index in [1.54, 1.807) is 7.11 Å². The summed E-state index contributed by atoms with van der Waals surface area (Å²) in [5, 5.41) is 1.00. The van der Waals surface area contributed by atoms with Gasteiger partial charge in [0.25, 0.3) is 0 Å². The number of aromatic nitrogens is 1. The van der Waals surface area contributed by atoms with Gasteiger partial charge in [0.15, 0.2) is 0 Å². The zero-order chi connectivity index (χ0) is 13.8. The van der Waals surface area contributed by atoms with Gasteiger partial charge in [-0.25, -0.2) is 0 Å². The summed E-state index contributed by atoms with van der Waals surface area (Å²) in [5.74, 6) is 0. The van der Waals surface area contributed by atoms with Crippen LogP contribution < -0.4 is 10.6 Å². The predicted octanol–water partition coefficient (Wildman–Crippen LogP) is 2.81. The number of hydrogen-bond donors (Lipinski definition) is 1. The van der Waals surface area contributed by atoms with E-state index in [1.807, 2.05) is 12.1 Å². The highest BCUT2D eigenvalue weighted by Crippen LogP contribution is 2.26. The van der Waals surface area contributed by atoms with Crippen molar-refractivity contribution in [2.75, 3.05) is 30.8 Å². The van der Waals surface area contributed by atoms with Gasteiger partial charge in [-0.2, -0.15) is 0 Å². The van der Waals surface area contributed by atoms with Gasteiger partial charge < -0.3 is 15.4 Å². The van der Waals surface area contributed by atoms with Gasteiger partial charge in [-0.15, -0.1) is 0 Å². The molecule has 4 heteroatoms. The number of benzene rings is 1. The highest BCUT2D eigenvalue weighted by molar-refractivity contribution is 5.92. The molecule has 2 N–H and O–H groups in total. The van der Waals surface area contributed by atoms with Crippen LogP contribution in [0.3, 0.4) is 0 Å². The predicted molar refractivity (Wildman–Crippen MR) is 80.4 cm³/mol. The SMILES string of the molecule is CCN(CC)c1ccc2nc(COC)cc(N)c2c1. The van der Waals surface area contributed by atoms with Crippen LogP contribution in [0.25, 0.3) is 10.9 Å². The Labute approximate surface area is 114 Å². The van der Waals surface area contributed by atoms with E-state index < -0.39 is 0 Å². The van der Waals surface area contributed by atoms with Gasteiger partial charge >= 0.3 is 0 Å². The molecule has 0 aliphatic rings. The second-order valence-electron chi connectivity index (χ2n) is 4.51. The minimum absolute atomic E-state index is 0.484. The third-order valence-corrected chi connectivity index (χ3v) is 3.30. The summed E-state index contributed by atoms with van der Waals surface area (Å²) < 4.78 is 5.10. The number of nitrogen functional groups attached to an aromatic ring is 1. The Morgan fingerprint density at radius 3 is 2.58 bits per heavy atom. The summed E-state index contributed by atoms with van der Waals surface area (Å²) >= 11 is 0. The molecule has 0 fully saturated rings. The molecule has 0 aliphatic heterocycles. The maximum Gasteiger partial charge on any atom is 0.0885 e. The second kappa shape index (κ2) is 5.89. The molecule has 1 heterocycles. The molecule has 2 rings (SSSR count). The lowest BCUT2D eigenvalue weighted by atomic mass is 10.1. The Kier molecular flexibility index (Phi) is 4.22. The van der Waals surface area contributed by atoms with Crippen LogP contribution in [-0.4, -0.2) is 25.2 Å². The number of nitrogens with zero attached hydrogens (tertiary/aromatic N) is 2. The maximum atomic E-state index is 6.13. The van der Waals surface area contributed by atoms with Gasteiger partial charge in [-0.1, -0.05) is 0 Å². The number of nitrogens with two attached hydrogens (primary N) is 1. The summed E-state index contributed by atoms with van der Waals surface area (Å²) in [6, 6.07) is 8.12. The molecule has 0 atom stereocenters. The maximum absolute atomic E-state index is 6.13. The van der Waals surface area contributed by atoms with E-state index in [1.165, 1.54) is 5.69 Å². The Morgan fingerprint density at radius 2 is 1.95 bits per heavy atom. The highest BCUT2D eigenvalue weighted by atomic mass is 16.5. The normalized spacial score (nSPS) is 10.9. The van der Waals surface area contributed by atoms with Crippen molar-refractivity contribution in [3.63, 3.8) is 0 Å². The number of ether oxygens (including phenoxy) is 1. The fourth-order valence-electron chi connectivity index (χ4n) is 2.30. The molecule has 0 unspecified atom stereocenters. The number of rotatable bonds is 5. The summed E-state index contributed by atoms with van der Waals surface area (Å²) in [5.41, 5.74) is 9.85. The largest absolute Gasteiger partial charge is 0.398 e. The zero-order valence-electron chi connectivity index (χ0n) is 11.8. The van der Waals surface area contributed by atoms with Crippen molar-refractivity contribution in [1.82, 2.24) is 4.98 Å². The number of pyridine rings is 1. The number of methoxy groups -OCH3 is 1. The molecule has 4 nitrogen and oxygen atoms in total. The summed E-state index contributed by atoms with van der Waals surface area (Å²) in [4.78, 5) is 6.85. The van der Waals surface area contributed by atoms with Crippen LogP contribution in [0.5, 0.6) is 0 Å². The quantitative estimate of drug-likeness (QED) is 0.897. The topological polar surface area (TPSA) is 51.4 Å². The lowest BCUT2D eigenvalue weighted by Crippen LogP contribution is -2.21. The Balaban J connectivity index is 2.48. The molecule has 0 radical (unpaired) electrons. The average molecular weight is 259 g/mol. The molecule has 0 spiro atoms. The average Bonchev–Trinajstić information content (AvgIpc) is 2.41. The van der Waals surface area contributed by atoms with Crippen molar-refractivity contribution in [3.05, 3.63) is 30.0 Å². The molecule has 19 heavy (non-hydrogen) atoms. The zero-order valence-corrected chi connectivity index (χ0v) is 11.8. The second-order valence-corrected chi connectivity index (χ2v) is 4.51. The standard InChI is InChI=1S/C15H21N3O/c1-4-18(5-2)12-6-7-15-13(9-12)14(16)8-11(17-15)10-19-3/h6-9H,4-5,10H2,1-3H3,(H2,16,17). The van der Waals surface area contributed by atoms with Gasteiger partial charge in [-0.3, -0.25) is 4.98 Å². The lowest BCUT2D eigenvalue weighted by molar-refractivity contribution is 0.182. The van der Waals surface area contributed by atoms with Crippen molar-refractivity contribution in [3.8, 4) is 0 Å². The minimum Gasteiger partial charge on any atom is -0.398 e. The molecule has 1 aromatic heterocycles. The Hall–Kier alpha value is -1.81. The molecular weight excluding hydrogens is 238 g/mol. The molecule has 0 saturated heterocycles. The van der Waals surface area contributed by atoms with Crippen molar-refractivity contribution >= 4 is 22.3 Å². The highest BCUT2D eigenvalue weighted by Gasteiger charge is 2.07. The smallest absolute Gasteiger partial charge is 0.0885 e. The van der Waals surface area contributed by atoms with E-state index in [0.717, 1.165) is 35.4 Å².